The Hall–Kier alpha value is -2.36. The number of benzene rings is 2. The number of carbonyl (C=O) groups excluding carboxylic acids is 1. The van der Waals surface area contributed by atoms with E-state index in [1.807, 2.05) is 30.3 Å². The van der Waals surface area contributed by atoms with E-state index in [1.54, 1.807) is 6.92 Å². The lowest BCUT2D eigenvalue weighted by atomic mass is 10.1. The molecule has 0 radical (unpaired) electrons. The summed E-state index contributed by atoms with van der Waals surface area (Å²) >= 11 is 0. The number of hydrogen-bond acceptors (Lipinski definition) is 2. The molecule has 0 atom stereocenters. The fraction of sp³-hybridized carbons (Fsp3) is 0.133. The van der Waals surface area contributed by atoms with Gasteiger partial charge < -0.3 is 11.1 Å². The van der Waals surface area contributed by atoms with Crippen LogP contribution in [-0.2, 0) is 6.54 Å². The van der Waals surface area contributed by atoms with E-state index in [-0.39, 0.29) is 17.2 Å². The molecule has 0 bridgehead atoms. The summed E-state index contributed by atoms with van der Waals surface area (Å²) in [7, 11) is 0. The van der Waals surface area contributed by atoms with Gasteiger partial charge in [-0.05, 0) is 24.6 Å². The summed E-state index contributed by atoms with van der Waals surface area (Å²) in [6.45, 7) is 1.98. The normalized spacial score (nSPS) is 10.2. The molecule has 4 heteroatoms. The number of nitrogen functional groups attached to an aromatic ring is 1. The predicted molar refractivity (Wildman–Crippen MR) is 73.2 cm³/mol. The van der Waals surface area contributed by atoms with Crippen molar-refractivity contribution in [1.82, 2.24) is 5.32 Å². The van der Waals surface area contributed by atoms with Crippen LogP contribution in [0, 0.1) is 12.7 Å². The second-order valence-corrected chi connectivity index (χ2v) is 4.34. The molecule has 0 fully saturated rings. The fourth-order valence-corrected chi connectivity index (χ4v) is 1.71. The summed E-state index contributed by atoms with van der Waals surface area (Å²) in [6, 6.07) is 12.2. The molecule has 3 nitrogen and oxygen atoms in total. The lowest BCUT2D eigenvalue weighted by molar-refractivity contribution is 0.0950. The van der Waals surface area contributed by atoms with Crippen LogP contribution in [0.25, 0.3) is 0 Å². The van der Waals surface area contributed by atoms with Gasteiger partial charge in [0.2, 0.25) is 0 Å². The van der Waals surface area contributed by atoms with Crippen molar-refractivity contribution < 1.29 is 9.18 Å². The second kappa shape index (κ2) is 5.52. The summed E-state index contributed by atoms with van der Waals surface area (Å²) < 4.78 is 13.5. The van der Waals surface area contributed by atoms with Crippen LogP contribution < -0.4 is 11.1 Å². The molecule has 98 valence electrons. The topological polar surface area (TPSA) is 55.1 Å². The van der Waals surface area contributed by atoms with E-state index >= 15 is 0 Å². The highest BCUT2D eigenvalue weighted by molar-refractivity contribution is 5.95. The minimum absolute atomic E-state index is 0.233. The monoisotopic (exact) mass is 258 g/mol. The molecule has 3 N–H and O–H groups in total. The number of anilines is 1. The summed E-state index contributed by atoms with van der Waals surface area (Å²) in [5.41, 5.74) is 7.51. The van der Waals surface area contributed by atoms with E-state index < -0.39 is 5.82 Å². The average Bonchev–Trinajstić information content (AvgIpc) is 2.42. The van der Waals surface area contributed by atoms with Gasteiger partial charge in [-0.3, -0.25) is 4.79 Å². The van der Waals surface area contributed by atoms with Crippen LogP contribution >= 0.6 is 0 Å². The molecule has 0 spiro atoms. The Morgan fingerprint density at radius 2 is 1.95 bits per heavy atom. The Labute approximate surface area is 111 Å². The molecular formula is C15H15FN2O. The highest BCUT2D eigenvalue weighted by atomic mass is 19.1. The van der Waals surface area contributed by atoms with Gasteiger partial charge in [0.25, 0.3) is 5.91 Å². The van der Waals surface area contributed by atoms with Gasteiger partial charge in [0.15, 0.2) is 0 Å². The van der Waals surface area contributed by atoms with Crippen LogP contribution in [0.4, 0.5) is 10.1 Å². The number of halogens is 1. The Morgan fingerprint density at radius 3 is 2.58 bits per heavy atom. The Bertz CT molecular complexity index is 573. The lowest BCUT2D eigenvalue weighted by Gasteiger charge is -2.08. The zero-order valence-corrected chi connectivity index (χ0v) is 10.6. The third-order valence-electron chi connectivity index (χ3n) is 2.94. The van der Waals surface area contributed by atoms with Crippen molar-refractivity contribution in [2.75, 3.05) is 5.73 Å². The van der Waals surface area contributed by atoms with Crippen LogP contribution in [0.3, 0.4) is 0 Å². The van der Waals surface area contributed by atoms with Crippen molar-refractivity contribution in [3.05, 3.63) is 65.0 Å². The van der Waals surface area contributed by atoms with Crippen molar-refractivity contribution in [2.45, 2.75) is 13.5 Å². The van der Waals surface area contributed by atoms with Gasteiger partial charge in [0, 0.05) is 23.4 Å². The van der Waals surface area contributed by atoms with Crippen LogP contribution in [0.5, 0.6) is 0 Å². The van der Waals surface area contributed by atoms with Gasteiger partial charge in [-0.15, -0.1) is 0 Å². The molecule has 2 aromatic rings. The first-order chi connectivity index (χ1) is 9.08. The molecule has 0 heterocycles. The summed E-state index contributed by atoms with van der Waals surface area (Å²) in [5, 5.41) is 2.73. The standard InChI is InChI=1S/C15H15FN2O/c1-10-13(16)7-12(8-14(10)17)15(19)18-9-11-5-3-2-4-6-11/h2-8H,9,17H2,1H3,(H,18,19). The van der Waals surface area contributed by atoms with Crippen molar-refractivity contribution in [3.8, 4) is 0 Å². The van der Waals surface area contributed by atoms with Crippen molar-refractivity contribution in [3.63, 3.8) is 0 Å². The molecule has 0 saturated carbocycles. The van der Waals surface area contributed by atoms with Gasteiger partial charge in [-0.2, -0.15) is 0 Å². The predicted octanol–water partition coefficient (Wildman–Crippen LogP) is 2.65. The van der Waals surface area contributed by atoms with Gasteiger partial charge >= 0.3 is 0 Å². The van der Waals surface area contributed by atoms with E-state index in [2.05, 4.69) is 5.32 Å². The van der Waals surface area contributed by atoms with Crippen LogP contribution in [-0.4, -0.2) is 5.91 Å². The summed E-state index contributed by atoms with van der Waals surface area (Å²) in [6.07, 6.45) is 0. The third-order valence-corrected chi connectivity index (χ3v) is 2.94. The van der Waals surface area contributed by atoms with E-state index in [0.717, 1.165) is 5.56 Å². The Morgan fingerprint density at radius 1 is 1.26 bits per heavy atom. The number of carbonyl (C=O) groups is 1. The maximum absolute atomic E-state index is 13.5. The molecule has 0 aliphatic carbocycles. The molecule has 0 aliphatic rings. The quantitative estimate of drug-likeness (QED) is 0.831. The molecule has 0 aliphatic heterocycles. The molecule has 2 rings (SSSR count). The number of rotatable bonds is 3. The molecule has 0 saturated heterocycles. The van der Waals surface area contributed by atoms with Crippen LogP contribution in [0.1, 0.15) is 21.5 Å². The van der Waals surface area contributed by atoms with Crippen molar-refractivity contribution >= 4 is 11.6 Å². The maximum Gasteiger partial charge on any atom is 0.251 e. The van der Waals surface area contributed by atoms with Gasteiger partial charge in [0.05, 0.1) is 0 Å². The lowest BCUT2D eigenvalue weighted by Crippen LogP contribution is -2.23. The summed E-state index contributed by atoms with van der Waals surface area (Å²) in [5.74, 6) is -0.806. The van der Waals surface area contributed by atoms with E-state index in [4.69, 9.17) is 5.73 Å². The molecule has 19 heavy (non-hydrogen) atoms. The smallest absolute Gasteiger partial charge is 0.251 e. The molecule has 0 unspecified atom stereocenters. The zero-order chi connectivity index (χ0) is 13.8. The molecule has 2 aromatic carbocycles. The number of amides is 1. The van der Waals surface area contributed by atoms with Crippen LogP contribution in [0.2, 0.25) is 0 Å². The molecular weight excluding hydrogens is 243 g/mol. The Kier molecular flexibility index (Phi) is 3.80. The SMILES string of the molecule is Cc1c(N)cc(C(=O)NCc2ccccc2)cc1F. The first kappa shape index (κ1) is 13.1. The van der Waals surface area contributed by atoms with Gasteiger partial charge in [0.1, 0.15) is 5.82 Å². The van der Waals surface area contributed by atoms with Crippen molar-refractivity contribution in [1.29, 1.82) is 0 Å². The van der Waals surface area contributed by atoms with Crippen molar-refractivity contribution in [2.24, 2.45) is 0 Å². The largest absolute Gasteiger partial charge is 0.398 e. The number of nitrogens with two attached hydrogens (primary N) is 1. The molecule has 1 amide bonds. The molecule has 0 aromatic heterocycles. The maximum atomic E-state index is 13.5. The minimum atomic E-state index is -0.468. The highest BCUT2D eigenvalue weighted by Crippen LogP contribution is 2.17. The van der Waals surface area contributed by atoms with Gasteiger partial charge in [-0.1, -0.05) is 30.3 Å². The Balaban J connectivity index is 2.08. The average molecular weight is 258 g/mol. The highest BCUT2D eigenvalue weighted by Gasteiger charge is 2.10. The third kappa shape index (κ3) is 3.10. The van der Waals surface area contributed by atoms with E-state index in [0.29, 0.717) is 12.1 Å². The number of hydrogen-bond donors (Lipinski definition) is 2. The zero-order valence-electron chi connectivity index (χ0n) is 10.6. The van der Waals surface area contributed by atoms with E-state index in [1.165, 1.54) is 12.1 Å². The fourth-order valence-electron chi connectivity index (χ4n) is 1.71. The van der Waals surface area contributed by atoms with Crippen LogP contribution in [0.15, 0.2) is 42.5 Å². The first-order valence-electron chi connectivity index (χ1n) is 5.95. The second-order valence-electron chi connectivity index (χ2n) is 4.34. The number of nitrogens with one attached hydrogen (secondary N) is 1. The van der Waals surface area contributed by atoms with E-state index in [9.17, 15) is 9.18 Å². The summed E-state index contributed by atoms with van der Waals surface area (Å²) in [4.78, 5) is 11.9. The first-order valence-corrected chi connectivity index (χ1v) is 5.95. The minimum Gasteiger partial charge on any atom is -0.398 e. The van der Waals surface area contributed by atoms with Gasteiger partial charge in [-0.25, -0.2) is 4.39 Å².